The highest BCUT2D eigenvalue weighted by molar-refractivity contribution is 5.71. The molecule has 0 saturated heterocycles. The van der Waals surface area contributed by atoms with Crippen molar-refractivity contribution in [3.05, 3.63) is 65.5 Å². The lowest BCUT2D eigenvalue weighted by Crippen LogP contribution is -2.12. The van der Waals surface area contributed by atoms with Crippen LogP contribution in [0.25, 0.3) is 11.3 Å². The van der Waals surface area contributed by atoms with Crippen LogP contribution in [0.1, 0.15) is 30.8 Å². The molecule has 0 bridgehead atoms. The predicted octanol–water partition coefficient (Wildman–Crippen LogP) is 4.94. The minimum absolute atomic E-state index is 0.736. The zero-order chi connectivity index (χ0) is 20.6. The molecule has 0 unspecified atom stereocenters. The first-order valence-electron chi connectivity index (χ1n) is 10.1. The molecule has 0 aliphatic heterocycles. The SMILES string of the molecule is CCc1nc(-c2ccc(OC)cc2OC)c(CC)nc1NCCc1ccccc1. The number of ether oxygens (including phenoxy) is 2. The Morgan fingerprint density at radius 3 is 2.28 bits per heavy atom. The fourth-order valence-electron chi connectivity index (χ4n) is 3.32. The summed E-state index contributed by atoms with van der Waals surface area (Å²) in [6.07, 6.45) is 2.53. The van der Waals surface area contributed by atoms with Crippen LogP contribution < -0.4 is 14.8 Å². The van der Waals surface area contributed by atoms with E-state index in [0.29, 0.717) is 0 Å². The highest BCUT2D eigenvalue weighted by Crippen LogP contribution is 2.35. The van der Waals surface area contributed by atoms with E-state index in [1.54, 1.807) is 14.2 Å². The third kappa shape index (κ3) is 4.86. The number of rotatable bonds is 9. The Labute approximate surface area is 173 Å². The first-order chi connectivity index (χ1) is 14.2. The van der Waals surface area contributed by atoms with Crippen molar-refractivity contribution < 1.29 is 9.47 Å². The number of aromatic nitrogens is 2. The summed E-state index contributed by atoms with van der Waals surface area (Å²) < 4.78 is 10.9. The molecule has 1 N–H and O–H groups in total. The Hall–Kier alpha value is -3.08. The summed E-state index contributed by atoms with van der Waals surface area (Å²) in [4.78, 5) is 9.90. The van der Waals surface area contributed by atoms with Gasteiger partial charge in [-0.05, 0) is 37.0 Å². The van der Waals surface area contributed by atoms with E-state index in [0.717, 1.165) is 65.8 Å². The molecular formula is C24H29N3O2. The molecular weight excluding hydrogens is 362 g/mol. The highest BCUT2D eigenvalue weighted by Gasteiger charge is 2.17. The van der Waals surface area contributed by atoms with Gasteiger partial charge in [-0.15, -0.1) is 0 Å². The second kappa shape index (κ2) is 9.92. The molecule has 0 radical (unpaired) electrons. The maximum absolute atomic E-state index is 5.60. The lowest BCUT2D eigenvalue weighted by molar-refractivity contribution is 0.395. The second-order valence-corrected chi connectivity index (χ2v) is 6.75. The summed E-state index contributed by atoms with van der Waals surface area (Å²) in [6, 6.07) is 16.3. The van der Waals surface area contributed by atoms with Gasteiger partial charge in [0.15, 0.2) is 0 Å². The molecule has 0 saturated carbocycles. The number of hydrogen-bond donors (Lipinski definition) is 1. The van der Waals surface area contributed by atoms with E-state index in [1.165, 1.54) is 5.56 Å². The molecule has 1 heterocycles. The van der Waals surface area contributed by atoms with E-state index < -0.39 is 0 Å². The Bertz CT molecular complexity index is 942. The summed E-state index contributed by atoms with van der Waals surface area (Å²) in [7, 11) is 3.31. The average molecular weight is 392 g/mol. The summed E-state index contributed by atoms with van der Waals surface area (Å²) in [5.74, 6) is 2.36. The van der Waals surface area contributed by atoms with Crippen LogP contribution in [0.4, 0.5) is 5.82 Å². The van der Waals surface area contributed by atoms with Crippen molar-refractivity contribution in [3.63, 3.8) is 0 Å². The summed E-state index contributed by atoms with van der Waals surface area (Å²) in [5, 5.41) is 3.49. The molecule has 2 aromatic carbocycles. The van der Waals surface area contributed by atoms with E-state index in [9.17, 15) is 0 Å². The molecule has 5 heteroatoms. The molecule has 0 spiro atoms. The smallest absolute Gasteiger partial charge is 0.148 e. The van der Waals surface area contributed by atoms with Crippen molar-refractivity contribution in [3.8, 4) is 22.8 Å². The molecule has 0 amide bonds. The third-order valence-corrected chi connectivity index (χ3v) is 4.92. The fourth-order valence-corrected chi connectivity index (χ4v) is 3.32. The number of benzene rings is 2. The topological polar surface area (TPSA) is 56.3 Å². The summed E-state index contributed by atoms with van der Waals surface area (Å²) in [6.45, 7) is 5.02. The molecule has 0 atom stereocenters. The van der Waals surface area contributed by atoms with Gasteiger partial charge in [-0.25, -0.2) is 9.97 Å². The minimum atomic E-state index is 0.736. The molecule has 29 heavy (non-hydrogen) atoms. The van der Waals surface area contributed by atoms with Gasteiger partial charge in [-0.2, -0.15) is 0 Å². The molecule has 1 aromatic heterocycles. The highest BCUT2D eigenvalue weighted by atomic mass is 16.5. The van der Waals surface area contributed by atoms with Gasteiger partial charge in [0.2, 0.25) is 0 Å². The summed E-state index contributed by atoms with van der Waals surface area (Å²) >= 11 is 0. The van der Waals surface area contributed by atoms with Gasteiger partial charge >= 0.3 is 0 Å². The standard InChI is InChI=1S/C24H29N3O2/c1-5-20-23(19-13-12-18(28-3)16-22(19)29-4)26-21(6-2)24(27-20)25-15-14-17-10-8-7-9-11-17/h7-13,16H,5-6,14-15H2,1-4H3,(H,25,27). The number of hydrogen-bond acceptors (Lipinski definition) is 5. The van der Waals surface area contributed by atoms with Crippen molar-refractivity contribution in [2.24, 2.45) is 0 Å². The van der Waals surface area contributed by atoms with Crippen molar-refractivity contribution in [1.82, 2.24) is 9.97 Å². The van der Waals surface area contributed by atoms with Crippen LogP contribution >= 0.6 is 0 Å². The quantitative estimate of drug-likeness (QED) is 0.560. The molecule has 0 aliphatic rings. The van der Waals surface area contributed by atoms with Gasteiger partial charge in [0.05, 0.1) is 31.3 Å². The monoisotopic (exact) mass is 391 g/mol. The molecule has 5 nitrogen and oxygen atoms in total. The van der Waals surface area contributed by atoms with Gasteiger partial charge in [-0.1, -0.05) is 44.2 Å². The van der Waals surface area contributed by atoms with Gasteiger partial charge in [0.25, 0.3) is 0 Å². The van der Waals surface area contributed by atoms with Crippen molar-refractivity contribution >= 4 is 5.82 Å². The van der Waals surface area contributed by atoms with Crippen LogP contribution in [0.5, 0.6) is 11.5 Å². The van der Waals surface area contributed by atoms with Crippen molar-refractivity contribution in [1.29, 1.82) is 0 Å². The average Bonchev–Trinajstić information content (AvgIpc) is 2.79. The first-order valence-corrected chi connectivity index (χ1v) is 10.1. The number of nitrogens with one attached hydrogen (secondary N) is 1. The lowest BCUT2D eigenvalue weighted by Gasteiger charge is -2.16. The Morgan fingerprint density at radius 1 is 0.862 bits per heavy atom. The van der Waals surface area contributed by atoms with Gasteiger partial charge in [0, 0.05) is 18.2 Å². The normalized spacial score (nSPS) is 10.6. The Kier molecular flexibility index (Phi) is 7.06. The van der Waals surface area contributed by atoms with Gasteiger partial charge in [0.1, 0.15) is 17.3 Å². The molecule has 3 rings (SSSR count). The molecule has 0 fully saturated rings. The zero-order valence-corrected chi connectivity index (χ0v) is 17.7. The van der Waals surface area contributed by atoms with Gasteiger partial charge in [-0.3, -0.25) is 0 Å². The van der Waals surface area contributed by atoms with E-state index >= 15 is 0 Å². The van der Waals surface area contributed by atoms with Crippen LogP contribution in [-0.4, -0.2) is 30.7 Å². The maximum Gasteiger partial charge on any atom is 0.148 e. The van der Waals surface area contributed by atoms with E-state index in [1.807, 2.05) is 24.3 Å². The maximum atomic E-state index is 5.60. The van der Waals surface area contributed by atoms with Crippen LogP contribution in [0.15, 0.2) is 48.5 Å². The Morgan fingerprint density at radius 2 is 1.62 bits per heavy atom. The minimum Gasteiger partial charge on any atom is -0.497 e. The number of anilines is 1. The van der Waals surface area contributed by atoms with Crippen molar-refractivity contribution in [2.75, 3.05) is 26.1 Å². The molecule has 152 valence electrons. The molecule has 3 aromatic rings. The predicted molar refractivity (Wildman–Crippen MR) is 118 cm³/mol. The second-order valence-electron chi connectivity index (χ2n) is 6.75. The van der Waals surface area contributed by atoms with Crippen molar-refractivity contribution in [2.45, 2.75) is 33.1 Å². The fraction of sp³-hybridized carbons (Fsp3) is 0.333. The first kappa shape index (κ1) is 20.6. The van der Waals surface area contributed by atoms with E-state index in [2.05, 4.69) is 43.4 Å². The van der Waals surface area contributed by atoms with E-state index in [4.69, 9.17) is 19.4 Å². The number of nitrogens with zero attached hydrogens (tertiary/aromatic N) is 2. The zero-order valence-electron chi connectivity index (χ0n) is 17.7. The van der Waals surface area contributed by atoms with Crippen LogP contribution in [0, 0.1) is 0 Å². The third-order valence-electron chi connectivity index (χ3n) is 4.92. The molecule has 0 aliphatic carbocycles. The Balaban J connectivity index is 1.90. The largest absolute Gasteiger partial charge is 0.497 e. The van der Waals surface area contributed by atoms with Crippen LogP contribution in [0.3, 0.4) is 0 Å². The van der Waals surface area contributed by atoms with Crippen LogP contribution in [0.2, 0.25) is 0 Å². The lowest BCUT2D eigenvalue weighted by atomic mass is 10.1. The summed E-state index contributed by atoms with van der Waals surface area (Å²) in [5.41, 5.74) is 5.03. The number of aryl methyl sites for hydroxylation is 2. The van der Waals surface area contributed by atoms with Gasteiger partial charge < -0.3 is 14.8 Å². The number of methoxy groups -OCH3 is 2. The van der Waals surface area contributed by atoms with Crippen LogP contribution in [-0.2, 0) is 19.3 Å². The van der Waals surface area contributed by atoms with E-state index in [-0.39, 0.29) is 0 Å².